The van der Waals surface area contributed by atoms with E-state index >= 15 is 0 Å². The molecule has 8 nitrogen and oxygen atoms in total. The van der Waals surface area contributed by atoms with Gasteiger partial charge in [0, 0.05) is 11.6 Å². The second-order valence-electron chi connectivity index (χ2n) is 5.32. The van der Waals surface area contributed by atoms with E-state index in [0.717, 1.165) is 7.11 Å². The van der Waals surface area contributed by atoms with Crippen LogP contribution in [0.5, 0.6) is 5.75 Å². The van der Waals surface area contributed by atoms with Crippen LogP contribution < -0.4 is 0 Å². The maximum atomic E-state index is 12.4. The highest BCUT2D eigenvalue weighted by Gasteiger charge is 2.31. The van der Waals surface area contributed by atoms with Gasteiger partial charge < -0.3 is 14.6 Å². The van der Waals surface area contributed by atoms with E-state index in [2.05, 4.69) is 0 Å². The van der Waals surface area contributed by atoms with Crippen LogP contribution in [-0.4, -0.2) is 35.7 Å². The topological polar surface area (TPSA) is 116 Å². The van der Waals surface area contributed by atoms with Crippen molar-refractivity contribution in [1.29, 1.82) is 0 Å². The smallest absolute Gasteiger partial charge is 0.342 e. The van der Waals surface area contributed by atoms with Crippen LogP contribution in [0.4, 0.5) is 5.69 Å². The Kier molecular flexibility index (Phi) is 5.56. The largest absolute Gasteiger partial charge is 0.507 e. The maximum absolute atomic E-state index is 12.4. The molecule has 2 aromatic rings. The van der Waals surface area contributed by atoms with Crippen molar-refractivity contribution in [3.05, 3.63) is 57.1 Å². The lowest BCUT2D eigenvalue weighted by molar-refractivity contribution is -0.384. The van der Waals surface area contributed by atoms with E-state index in [4.69, 9.17) is 9.47 Å². The van der Waals surface area contributed by atoms with E-state index in [-0.39, 0.29) is 34.5 Å². The number of methoxy groups -OCH3 is 1. The highest BCUT2D eigenvalue weighted by Crippen LogP contribution is 2.40. The zero-order valence-electron chi connectivity index (χ0n) is 14.4. The zero-order valence-corrected chi connectivity index (χ0v) is 14.4. The quantitative estimate of drug-likeness (QED) is 0.495. The Labute approximate surface area is 149 Å². The molecule has 0 amide bonds. The molecule has 2 aromatic carbocycles. The second-order valence-corrected chi connectivity index (χ2v) is 5.32. The molecule has 136 valence electrons. The van der Waals surface area contributed by atoms with E-state index < -0.39 is 22.6 Å². The molecule has 0 unspecified atom stereocenters. The van der Waals surface area contributed by atoms with Crippen LogP contribution >= 0.6 is 0 Å². The lowest BCUT2D eigenvalue weighted by Crippen LogP contribution is -2.14. The standard InChI is InChI=1S/C18H17NO7/c1-4-26-18(22)16-13(20)9-10(2)14(17(21)25-3)15(16)11-7-5-6-8-12(11)19(23)24/h5-9,20H,4H2,1-3H3. The van der Waals surface area contributed by atoms with Gasteiger partial charge in [0.15, 0.2) is 0 Å². The molecular weight excluding hydrogens is 342 g/mol. The summed E-state index contributed by atoms with van der Waals surface area (Å²) in [5.74, 6) is -2.13. The summed E-state index contributed by atoms with van der Waals surface area (Å²) in [6.07, 6.45) is 0. The number of nitrogens with zero attached hydrogens (tertiary/aromatic N) is 1. The number of aromatic hydroxyl groups is 1. The number of ether oxygens (including phenoxy) is 2. The van der Waals surface area contributed by atoms with Gasteiger partial charge in [-0.1, -0.05) is 12.1 Å². The van der Waals surface area contributed by atoms with Crippen molar-refractivity contribution in [2.75, 3.05) is 13.7 Å². The van der Waals surface area contributed by atoms with Crippen molar-refractivity contribution < 1.29 is 29.1 Å². The van der Waals surface area contributed by atoms with Crippen molar-refractivity contribution in [3.63, 3.8) is 0 Å². The van der Waals surface area contributed by atoms with Crippen molar-refractivity contribution in [2.24, 2.45) is 0 Å². The van der Waals surface area contributed by atoms with Gasteiger partial charge in [-0.15, -0.1) is 0 Å². The fourth-order valence-electron chi connectivity index (χ4n) is 2.69. The number of carbonyl (C=O) groups is 2. The fourth-order valence-corrected chi connectivity index (χ4v) is 2.69. The molecular formula is C18H17NO7. The van der Waals surface area contributed by atoms with Crippen molar-refractivity contribution in [2.45, 2.75) is 13.8 Å². The number of phenolic OH excluding ortho intramolecular Hbond substituents is 1. The molecule has 0 radical (unpaired) electrons. The SMILES string of the molecule is CCOC(=O)c1c(O)cc(C)c(C(=O)OC)c1-c1ccccc1[N+](=O)[O-]. The molecule has 0 aliphatic heterocycles. The Morgan fingerprint density at radius 1 is 1.19 bits per heavy atom. The number of phenols is 1. The minimum Gasteiger partial charge on any atom is -0.507 e. The minimum absolute atomic E-state index is 0.0000435. The second kappa shape index (κ2) is 7.64. The zero-order chi connectivity index (χ0) is 19.4. The molecule has 0 aliphatic rings. The number of nitro benzene ring substituents is 1. The highest BCUT2D eigenvalue weighted by molar-refractivity contribution is 6.09. The molecule has 0 spiro atoms. The predicted molar refractivity (Wildman–Crippen MR) is 92.2 cm³/mol. The summed E-state index contributed by atoms with van der Waals surface area (Å²) in [5.41, 5.74) is -0.501. The summed E-state index contributed by atoms with van der Waals surface area (Å²) in [7, 11) is 1.15. The Balaban J connectivity index is 2.99. The van der Waals surface area contributed by atoms with E-state index in [1.807, 2.05) is 0 Å². The Morgan fingerprint density at radius 2 is 1.85 bits per heavy atom. The van der Waals surface area contributed by atoms with Gasteiger partial charge in [-0.05, 0) is 31.5 Å². The average Bonchev–Trinajstić information content (AvgIpc) is 2.60. The van der Waals surface area contributed by atoms with Crippen LogP contribution in [0, 0.1) is 17.0 Å². The first kappa shape index (κ1) is 18.9. The number of nitro groups is 1. The average molecular weight is 359 g/mol. The van der Waals surface area contributed by atoms with E-state index in [1.54, 1.807) is 6.92 Å². The van der Waals surface area contributed by atoms with Crippen molar-refractivity contribution >= 4 is 17.6 Å². The minimum atomic E-state index is -0.900. The van der Waals surface area contributed by atoms with Crippen LogP contribution in [0.15, 0.2) is 30.3 Å². The summed E-state index contributed by atoms with van der Waals surface area (Å²) in [6.45, 7) is 3.13. The Bertz CT molecular complexity index is 889. The summed E-state index contributed by atoms with van der Waals surface area (Å²) >= 11 is 0. The maximum Gasteiger partial charge on any atom is 0.342 e. The van der Waals surface area contributed by atoms with E-state index in [9.17, 15) is 24.8 Å². The lowest BCUT2D eigenvalue weighted by Gasteiger charge is -2.17. The van der Waals surface area contributed by atoms with Gasteiger partial charge >= 0.3 is 11.9 Å². The molecule has 26 heavy (non-hydrogen) atoms. The number of hydrogen-bond acceptors (Lipinski definition) is 7. The van der Waals surface area contributed by atoms with E-state index in [0.29, 0.717) is 5.56 Å². The molecule has 2 rings (SSSR count). The van der Waals surface area contributed by atoms with Gasteiger partial charge in [0.25, 0.3) is 5.69 Å². The summed E-state index contributed by atoms with van der Waals surface area (Å²) in [5, 5.41) is 21.7. The Morgan fingerprint density at radius 3 is 2.42 bits per heavy atom. The monoisotopic (exact) mass is 359 g/mol. The molecule has 0 saturated heterocycles. The summed E-state index contributed by atoms with van der Waals surface area (Å²) < 4.78 is 9.73. The number of para-hydroxylation sites is 1. The third-order valence-electron chi connectivity index (χ3n) is 3.74. The molecule has 0 bridgehead atoms. The predicted octanol–water partition coefficient (Wildman–Crippen LogP) is 3.24. The first-order chi connectivity index (χ1) is 12.3. The van der Waals surface area contributed by atoms with Crippen molar-refractivity contribution in [3.8, 4) is 16.9 Å². The van der Waals surface area contributed by atoms with Crippen LogP contribution in [0.3, 0.4) is 0 Å². The molecule has 0 heterocycles. The van der Waals surface area contributed by atoms with Crippen LogP contribution in [-0.2, 0) is 9.47 Å². The van der Waals surface area contributed by atoms with Gasteiger partial charge in [0.2, 0.25) is 0 Å². The van der Waals surface area contributed by atoms with Gasteiger partial charge in [0.05, 0.1) is 29.8 Å². The molecule has 1 N–H and O–H groups in total. The highest BCUT2D eigenvalue weighted by atomic mass is 16.6. The van der Waals surface area contributed by atoms with Gasteiger partial charge in [-0.3, -0.25) is 10.1 Å². The third kappa shape index (κ3) is 3.34. The normalized spacial score (nSPS) is 10.3. The molecule has 0 fully saturated rings. The van der Waals surface area contributed by atoms with Gasteiger partial charge in [-0.2, -0.15) is 0 Å². The lowest BCUT2D eigenvalue weighted by atomic mass is 9.89. The van der Waals surface area contributed by atoms with Crippen LogP contribution in [0.1, 0.15) is 33.2 Å². The Hall–Kier alpha value is -3.42. The molecule has 0 aromatic heterocycles. The van der Waals surface area contributed by atoms with Crippen molar-refractivity contribution in [1.82, 2.24) is 0 Å². The summed E-state index contributed by atoms with van der Waals surface area (Å²) in [6, 6.07) is 6.83. The number of hydrogen-bond donors (Lipinski definition) is 1. The first-order valence-electron chi connectivity index (χ1n) is 7.69. The van der Waals surface area contributed by atoms with Crippen LogP contribution in [0.25, 0.3) is 11.1 Å². The third-order valence-corrected chi connectivity index (χ3v) is 3.74. The number of benzene rings is 2. The number of carbonyl (C=O) groups excluding carboxylic acids is 2. The molecule has 8 heteroatoms. The van der Waals surface area contributed by atoms with Crippen LogP contribution in [0.2, 0.25) is 0 Å². The molecule has 0 aliphatic carbocycles. The number of esters is 2. The molecule has 0 atom stereocenters. The number of rotatable bonds is 5. The summed E-state index contributed by atoms with van der Waals surface area (Å²) in [4.78, 5) is 35.5. The first-order valence-corrected chi connectivity index (χ1v) is 7.69. The fraction of sp³-hybridized carbons (Fsp3) is 0.222. The van der Waals surface area contributed by atoms with Gasteiger partial charge in [-0.25, -0.2) is 9.59 Å². The molecule has 0 saturated carbocycles. The van der Waals surface area contributed by atoms with E-state index in [1.165, 1.54) is 37.3 Å². The number of aryl methyl sites for hydroxylation is 1. The van der Waals surface area contributed by atoms with Gasteiger partial charge in [0.1, 0.15) is 11.3 Å².